The number of aliphatic carboxylic acids is 1. The van der Waals surface area contributed by atoms with E-state index in [0.717, 1.165) is 10.9 Å². The van der Waals surface area contributed by atoms with E-state index in [-0.39, 0.29) is 50.7 Å². The molecule has 0 radical (unpaired) electrons. The Morgan fingerprint density at radius 3 is 2.35 bits per heavy atom. The molecular weight excluding hydrogens is 636 g/mol. The molecule has 0 spiro atoms. The number of carboxylic acids is 1. The molecule has 13 N–H and O–H groups in total. The molecule has 17 heteroatoms. The molecule has 1 fully saturated rings. The molecule has 5 atom stereocenters. The number of aromatic nitrogens is 1. The molecule has 1 aromatic carbocycles. The fraction of sp³-hybridized carbons (Fsp3) is 0.531. The first-order valence-electron chi connectivity index (χ1n) is 16.3. The highest BCUT2D eigenvalue weighted by atomic mass is 16.4. The summed E-state index contributed by atoms with van der Waals surface area (Å²) in [5.41, 5.74) is 23.7. The zero-order valence-electron chi connectivity index (χ0n) is 27.8. The maximum absolute atomic E-state index is 13.8. The lowest BCUT2D eigenvalue weighted by molar-refractivity contribution is -0.145. The summed E-state index contributed by atoms with van der Waals surface area (Å²) in [6, 6.07) is 1.52. The molecule has 1 saturated heterocycles. The Kier molecular flexibility index (Phi) is 13.9. The lowest BCUT2D eigenvalue weighted by Gasteiger charge is -2.30. The second-order valence-corrected chi connectivity index (χ2v) is 12.6. The van der Waals surface area contributed by atoms with Crippen LogP contribution in [-0.2, 0) is 35.2 Å². The summed E-state index contributed by atoms with van der Waals surface area (Å²) in [4.78, 5) is 86.1. The molecule has 0 saturated carbocycles. The quantitative estimate of drug-likeness (QED) is 0.0499. The van der Waals surface area contributed by atoms with Crippen molar-refractivity contribution in [3.05, 3.63) is 36.0 Å². The summed E-state index contributed by atoms with van der Waals surface area (Å²) >= 11 is 0. The number of H-pyrrole nitrogens is 1. The number of carbonyl (C=O) groups excluding carboxylic acids is 5. The number of aromatic amines is 1. The van der Waals surface area contributed by atoms with Crippen LogP contribution in [0, 0.1) is 5.92 Å². The van der Waals surface area contributed by atoms with E-state index in [0.29, 0.717) is 18.4 Å². The normalized spacial score (nSPS) is 16.7. The number of carbonyl (C=O) groups is 6. The van der Waals surface area contributed by atoms with Crippen molar-refractivity contribution in [3.8, 4) is 0 Å². The van der Waals surface area contributed by atoms with Gasteiger partial charge in [0.2, 0.25) is 29.5 Å². The zero-order valence-corrected chi connectivity index (χ0v) is 27.8. The predicted molar refractivity (Wildman–Crippen MR) is 181 cm³/mol. The first-order valence-corrected chi connectivity index (χ1v) is 16.3. The van der Waals surface area contributed by atoms with Crippen molar-refractivity contribution in [1.82, 2.24) is 25.8 Å². The van der Waals surface area contributed by atoms with E-state index < -0.39 is 72.1 Å². The van der Waals surface area contributed by atoms with Crippen LogP contribution in [0.3, 0.4) is 0 Å². The average molecular weight is 685 g/mol. The Morgan fingerprint density at radius 1 is 1.00 bits per heavy atom. The number of primary amides is 1. The van der Waals surface area contributed by atoms with Crippen LogP contribution in [0.4, 0.5) is 0 Å². The third kappa shape index (κ3) is 11.2. The molecule has 1 aliphatic heterocycles. The number of aliphatic imine (C=N–C) groups is 1. The average Bonchev–Trinajstić information content (AvgIpc) is 3.68. The number of rotatable bonds is 18. The zero-order chi connectivity index (χ0) is 36.2. The second-order valence-electron chi connectivity index (χ2n) is 12.6. The summed E-state index contributed by atoms with van der Waals surface area (Å²) in [6.07, 6.45) is 2.47. The first kappa shape index (κ1) is 38.3. The van der Waals surface area contributed by atoms with Crippen molar-refractivity contribution in [2.45, 2.75) is 89.0 Å². The highest BCUT2D eigenvalue weighted by Gasteiger charge is 2.40. The van der Waals surface area contributed by atoms with Crippen molar-refractivity contribution >= 4 is 52.4 Å². The van der Waals surface area contributed by atoms with Gasteiger partial charge in [-0.1, -0.05) is 32.0 Å². The molecule has 1 aromatic heterocycles. The third-order valence-corrected chi connectivity index (χ3v) is 8.21. The number of amides is 5. The number of benzene rings is 1. The van der Waals surface area contributed by atoms with Gasteiger partial charge in [0.05, 0.1) is 12.5 Å². The molecule has 2 heterocycles. The molecular formula is C32H48N10O7. The van der Waals surface area contributed by atoms with E-state index in [4.69, 9.17) is 22.9 Å². The van der Waals surface area contributed by atoms with E-state index >= 15 is 0 Å². The van der Waals surface area contributed by atoms with Gasteiger partial charge in [0.1, 0.15) is 24.2 Å². The fourth-order valence-electron chi connectivity index (χ4n) is 5.83. The van der Waals surface area contributed by atoms with Gasteiger partial charge in [0.15, 0.2) is 5.96 Å². The Bertz CT molecular complexity index is 1540. The van der Waals surface area contributed by atoms with Crippen molar-refractivity contribution in [1.29, 1.82) is 0 Å². The van der Waals surface area contributed by atoms with Crippen LogP contribution >= 0.6 is 0 Å². The number of carboxylic acid groups (broad SMARTS) is 1. The monoisotopic (exact) mass is 684 g/mol. The molecule has 268 valence electrons. The summed E-state index contributed by atoms with van der Waals surface area (Å²) < 4.78 is 0. The molecule has 0 unspecified atom stereocenters. The summed E-state index contributed by atoms with van der Waals surface area (Å²) in [6.45, 7) is 4.10. The molecule has 2 aromatic rings. The highest BCUT2D eigenvalue weighted by molar-refractivity contribution is 5.98. The minimum atomic E-state index is -1.47. The number of hydrogen-bond acceptors (Lipinski definition) is 8. The van der Waals surface area contributed by atoms with Crippen LogP contribution in [0.1, 0.15) is 57.9 Å². The van der Waals surface area contributed by atoms with Crippen LogP contribution in [-0.4, -0.2) is 99.8 Å². The van der Waals surface area contributed by atoms with Gasteiger partial charge in [0.25, 0.3) is 0 Å². The molecule has 1 aliphatic rings. The minimum Gasteiger partial charge on any atom is -0.480 e. The maximum Gasteiger partial charge on any atom is 0.326 e. The second kappa shape index (κ2) is 17.8. The van der Waals surface area contributed by atoms with E-state index in [9.17, 15) is 33.9 Å². The number of hydrogen-bond donors (Lipinski definition) is 9. The van der Waals surface area contributed by atoms with Gasteiger partial charge >= 0.3 is 5.97 Å². The number of fused-ring (bicyclic) bond motifs is 1. The van der Waals surface area contributed by atoms with Gasteiger partial charge in [-0.25, -0.2) is 4.79 Å². The summed E-state index contributed by atoms with van der Waals surface area (Å²) in [7, 11) is 0. The van der Waals surface area contributed by atoms with E-state index in [2.05, 4.69) is 25.9 Å². The lowest BCUT2D eigenvalue weighted by atomic mass is 10.0. The number of nitrogens with two attached hydrogens (primary N) is 4. The van der Waals surface area contributed by atoms with E-state index in [1.807, 2.05) is 38.1 Å². The van der Waals surface area contributed by atoms with Crippen LogP contribution in [0.15, 0.2) is 35.5 Å². The Labute approximate surface area is 284 Å². The summed E-state index contributed by atoms with van der Waals surface area (Å²) in [5.74, 6) is -4.97. The van der Waals surface area contributed by atoms with Gasteiger partial charge in [-0.15, -0.1) is 0 Å². The largest absolute Gasteiger partial charge is 0.480 e. The lowest BCUT2D eigenvalue weighted by Crippen LogP contribution is -2.59. The van der Waals surface area contributed by atoms with E-state index in [1.54, 1.807) is 6.20 Å². The standard InChI is InChI=1S/C32H48N10O7/c1-17(2)13-20(33)27(44)40-23(14-18-16-38-21-8-4-3-7-19(18)21)28(45)41-24(15-26(34)43)30(47)42-12-6-10-25(42)29(46)39-22(31(48)49)9-5-11-37-32(35)36/h3-4,7-8,16-17,20,22-25,38H,5-6,9-15,33H2,1-2H3,(H2,34,43)(H,39,46)(H,40,44)(H,41,45)(H,48,49)(H4,35,36,37)/t20-,22-,23-,24-,25-/m0/s1. The van der Waals surface area contributed by atoms with Crippen LogP contribution < -0.4 is 38.9 Å². The first-order chi connectivity index (χ1) is 23.2. The number of para-hydroxylation sites is 1. The topological polar surface area (TPSA) is 294 Å². The molecule has 0 bridgehead atoms. The minimum absolute atomic E-state index is 0.0297. The van der Waals surface area contributed by atoms with Crippen LogP contribution in [0.5, 0.6) is 0 Å². The fourth-order valence-corrected chi connectivity index (χ4v) is 5.83. The van der Waals surface area contributed by atoms with Gasteiger partial charge in [-0.3, -0.25) is 29.0 Å². The number of nitrogens with zero attached hydrogens (tertiary/aromatic N) is 2. The molecule has 3 rings (SSSR count). The van der Waals surface area contributed by atoms with Gasteiger partial charge < -0.3 is 53.9 Å². The smallest absolute Gasteiger partial charge is 0.326 e. The Hall–Kier alpha value is -5.19. The molecule has 0 aliphatic carbocycles. The van der Waals surface area contributed by atoms with Crippen molar-refractivity contribution in [2.24, 2.45) is 33.8 Å². The Morgan fingerprint density at radius 2 is 1.69 bits per heavy atom. The van der Waals surface area contributed by atoms with Crippen molar-refractivity contribution in [2.75, 3.05) is 13.1 Å². The Balaban J connectivity index is 1.80. The van der Waals surface area contributed by atoms with Gasteiger partial charge in [0, 0.05) is 36.6 Å². The predicted octanol–water partition coefficient (Wildman–Crippen LogP) is -1.46. The maximum atomic E-state index is 13.8. The molecule has 49 heavy (non-hydrogen) atoms. The number of guanidine groups is 1. The van der Waals surface area contributed by atoms with Crippen LogP contribution in [0.2, 0.25) is 0 Å². The molecule has 5 amide bonds. The number of nitrogens with one attached hydrogen (secondary N) is 4. The van der Waals surface area contributed by atoms with Crippen LogP contribution in [0.25, 0.3) is 10.9 Å². The third-order valence-electron chi connectivity index (χ3n) is 8.21. The molecule has 17 nitrogen and oxygen atoms in total. The van der Waals surface area contributed by atoms with E-state index in [1.165, 1.54) is 4.90 Å². The SMILES string of the molecule is CC(C)C[C@H](N)C(=O)N[C@@H](Cc1c[nH]c2ccccc12)C(=O)N[C@@H](CC(N)=O)C(=O)N1CCC[C@H]1C(=O)N[C@@H](CCCN=C(N)N)C(=O)O. The number of likely N-dealkylation sites (tertiary alicyclic amines) is 1. The van der Waals surface area contributed by atoms with Gasteiger partial charge in [-0.2, -0.15) is 0 Å². The highest BCUT2D eigenvalue weighted by Crippen LogP contribution is 2.22. The summed E-state index contributed by atoms with van der Waals surface area (Å²) in [5, 5.41) is 18.2. The van der Waals surface area contributed by atoms with Crippen molar-refractivity contribution in [3.63, 3.8) is 0 Å². The van der Waals surface area contributed by atoms with Crippen molar-refractivity contribution < 1.29 is 33.9 Å². The van der Waals surface area contributed by atoms with Gasteiger partial charge in [-0.05, 0) is 49.7 Å².